The highest BCUT2D eigenvalue weighted by Gasteiger charge is 2.19. The SMILES string of the molecule is [CH2]CC(N)(OC)OC. The molecule has 0 amide bonds. The van der Waals surface area contributed by atoms with Gasteiger partial charge in [-0.2, -0.15) is 0 Å². The molecule has 0 saturated carbocycles. The fraction of sp³-hybridized carbons (Fsp3) is 0.800. The summed E-state index contributed by atoms with van der Waals surface area (Å²) in [7, 11) is 2.96. The van der Waals surface area contributed by atoms with Crippen molar-refractivity contribution < 1.29 is 9.47 Å². The molecule has 0 atom stereocenters. The van der Waals surface area contributed by atoms with Crippen molar-refractivity contribution in [3.63, 3.8) is 0 Å². The van der Waals surface area contributed by atoms with Crippen LogP contribution in [0.25, 0.3) is 0 Å². The fourth-order valence-electron chi connectivity index (χ4n) is 0.287. The molecular formula is C5H12NO2. The Morgan fingerprint density at radius 3 is 1.88 bits per heavy atom. The van der Waals surface area contributed by atoms with Gasteiger partial charge in [0.25, 0.3) is 0 Å². The van der Waals surface area contributed by atoms with Crippen LogP contribution in [0, 0.1) is 6.92 Å². The third-order valence-corrected chi connectivity index (χ3v) is 1.04. The third kappa shape index (κ3) is 1.78. The lowest BCUT2D eigenvalue weighted by Gasteiger charge is -2.23. The first-order valence-corrected chi connectivity index (χ1v) is 2.37. The van der Waals surface area contributed by atoms with Gasteiger partial charge >= 0.3 is 0 Å². The summed E-state index contributed by atoms with van der Waals surface area (Å²) in [4.78, 5) is 0. The Labute approximate surface area is 49.8 Å². The highest BCUT2D eigenvalue weighted by atomic mass is 16.7. The lowest BCUT2D eigenvalue weighted by atomic mass is 10.4. The van der Waals surface area contributed by atoms with Crippen LogP contribution >= 0.6 is 0 Å². The molecule has 0 aromatic heterocycles. The molecule has 2 N–H and O–H groups in total. The largest absolute Gasteiger partial charge is 0.341 e. The zero-order chi connectivity index (χ0) is 6.62. The van der Waals surface area contributed by atoms with Crippen LogP contribution in [0.4, 0.5) is 0 Å². The molecule has 0 aliphatic rings. The third-order valence-electron chi connectivity index (χ3n) is 1.04. The second kappa shape index (κ2) is 3.02. The summed E-state index contributed by atoms with van der Waals surface area (Å²) >= 11 is 0. The molecular weight excluding hydrogens is 106 g/mol. The van der Waals surface area contributed by atoms with Crippen molar-refractivity contribution in [3.05, 3.63) is 6.92 Å². The molecule has 0 bridgehead atoms. The first kappa shape index (κ1) is 7.88. The van der Waals surface area contributed by atoms with Crippen LogP contribution in [-0.2, 0) is 9.47 Å². The van der Waals surface area contributed by atoms with Gasteiger partial charge in [0.05, 0.1) is 0 Å². The van der Waals surface area contributed by atoms with Crippen LogP contribution in [0.5, 0.6) is 0 Å². The summed E-state index contributed by atoms with van der Waals surface area (Å²) in [6.07, 6.45) is 0.403. The molecule has 0 unspecified atom stereocenters. The van der Waals surface area contributed by atoms with Crippen LogP contribution in [0.2, 0.25) is 0 Å². The van der Waals surface area contributed by atoms with E-state index in [4.69, 9.17) is 15.2 Å². The van der Waals surface area contributed by atoms with Gasteiger partial charge in [-0.05, 0) is 6.92 Å². The maximum Gasteiger partial charge on any atom is 0.224 e. The van der Waals surface area contributed by atoms with Gasteiger partial charge in [0.1, 0.15) is 0 Å². The molecule has 0 aromatic carbocycles. The number of hydrogen-bond acceptors (Lipinski definition) is 3. The van der Waals surface area contributed by atoms with Crippen molar-refractivity contribution >= 4 is 0 Å². The Morgan fingerprint density at radius 2 is 1.88 bits per heavy atom. The van der Waals surface area contributed by atoms with Gasteiger partial charge in [-0.1, -0.05) is 0 Å². The van der Waals surface area contributed by atoms with Gasteiger partial charge in [-0.25, -0.2) is 0 Å². The van der Waals surface area contributed by atoms with Gasteiger partial charge in [0.2, 0.25) is 5.91 Å². The molecule has 1 radical (unpaired) electrons. The van der Waals surface area contributed by atoms with Crippen LogP contribution in [0.1, 0.15) is 6.42 Å². The molecule has 0 saturated heterocycles. The van der Waals surface area contributed by atoms with Gasteiger partial charge < -0.3 is 9.47 Å². The molecule has 0 fully saturated rings. The van der Waals surface area contributed by atoms with Crippen molar-refractivity contribution in [2.45, 2.75) is 12.3 Å². The monoisotopic (exact) mass is 118 g/mol. The smallest absolute Gasteiger partial charge is 0.224 e. The summed E-state index contributed by atoms with van der Waals surface area (Å²) in [6, 6.07) is 0. The summed E-state index contributed by atoms with van der Waals surface area (Å²) in [5.41, 5.74) is 5.39. The zero-order valence-electron chi connectivity index (χ0n) is 5.31. The van der Waals surface area contributed by atoms with Gasteiger partial charge in [-0.15, -0.1) is 0 Å². The van der Waals surface area contributed by atoms with Gasteiger partial charge in [0.15, 0.2) is 0 Å². The molecule has 0 heterocycles. The van der Waals surface area contributed by atoms with Crippen LogP contribution in [-0.4, -0.2) is 20.1 Å². The first-order valence-electron chi connectivity index (χ1n) is 2.37. The van der Waals surface area contributed by atoms with Gasteiger partial charge in [-0.3, -0.25) is 5.73 Å². The molecule has 0 aromatic rings. The quantitative estimate of drug-likeness (QED) is 0.535. The van der Waals surface area contributed by atoms with Crippen LogP contribution in [0.15, 0.2) is 0 Å². The predicted molar refractivity (Wildman–Crippen MR) is 30.9 cm³/mol. The van der Waals surface area contributed by atoms with E-state index in [0.717, 1.165) is 0 Å². The minimum atomic E-state index is -0.986. The first-order chi connectivity index (χ1) is 3.68. The summed E-state index contributed by atoms with van der Waals surface area (Å²) in [5, 5.41) is 0. The van der Waals surface area contributed by atoms with E-state index < -0.39 is 5.91 Å². The van der Waals surface area contributed by atoms with Crippen molar-refractivity contribution in [3.8, 4) is 0 Å². The average molecular weight is 118 g/mol. The van der Waals surface area contributed by atoms with E-state index in [9.17, 15) is 0 Å². The van der Waals surface area contributed by atoms with Crippen LogP contribution < -0.4 is 5.73 Å². The van der Waals surface area contributed by atoms with Crippen molar-refractivity contribution in [1.29, 1.82) is 0 Å². The van der Waals surface area contributed by atoms with E-state index in [2.05, 4.69) is 6.92 Å². The maximum atomic E-state index is 5.39. The number of rotatable bonds is 3. The lowest BCUT2D eigenvalue weighted by molar-refractivity contribution is -0.200. The molecule has 0 spiro atoms. The second-order valence-electron chi connectivity index (χ2n) is 1.47. The van der Waals surface area contributed by atoms with E-state index in [1.807, 2.05) is 0 Å². The number of methoxy groups -OCH3 is 2. The second-order valence-corrected chi connectivity index (χ2v) is 1.47. The lowest BCUT2D eigenvalue weighted by Crippen LogP contribution is -2.42. The molecule has 49 valence electrons. The van der Waals surface area contributed by atoms with Crippen molar-refractivity contribution in [2.75, 3.05) is 14.2 Å². The van der Waals surface area contributed by atoms with E-state index in [1.54, 1.807) is 0 Å². The van der Waals surface area contributed by atoms with E-state index >= 15 is 0 Å². The Hall–Kier alpha value is -0.120. The summed E-state index contributed by atoms with van der Waals surface area (Å²) < 4.78 is 9.46. The Balaban J connectivity index is 3.58. The Kier molecular flexibility index (Phi) is 2.97. The minimum absolute atomic E-state index is 0.403. The normalized spacial score (nSPS) is 12.0. The zero-order valence-corrected chi connectivity index (χ0v) is 5.31. The highest BCUT2D eigenvalue weighted by molar-refractivity contribution is 4.59. The van der Waals surface area contributed by atoms with Crippen molar-refractivity contribution in [1.82, 2.24) is 0 Å². The topological polar surface area (TPSA) is 44.5 Å². The number of nitrogens with two attached hydrogens (primary N) is 1. The van der Waals surface area contributed by atoms with Gasteiger partial charge in [0, 0.05) is 20.6 Å². The number of hydrogen-bond donors (Lipinski definition) is 1. The van der Waals surface area contributed by atoms with Crippen molar-refractivity contribution in [2.24, 2.45) is 5.73 Å². The molecule has 8 heavy (non-hydrogen) atoms. The predicted octanol–water partition coefficient (Wildman–Crippen LogP) is 0.116. The standard InChI is InChI=1S/C5H12NO2/c1-4-5(6,7-2)8-3/h1,4,6H2,2-3H3. The number of ether oxygens (including phenoxy) is 2. The Morgan fingerprint density at radius 1 is 1.50 bits per heavy atom. The molecule has 3 nitrogen and oxygen atoms in total. The minimum Gasteiger partial charge on any atom is -0.341 e. The molecule has 0 aliphatic carbocycles. The molecule has 3 heteroatoms. The average Bonchev–Trinajstić information content (AvgIpc) is 1.87. The Bertz CT molecular complexity index is 53.2. The van der Waals surface area contributed by atoms with E-state index in [-0.39, 0.29) is 0 Å². The summed E-state index contributed by atoms with van der Waals surface area (Å²) in [5.74, 6) is -0.986. The highest BCUT2D eigenvalue weighted by Crippen LogP contribution is 2.05. The molecule has 0 rings (SSSR count). The molecule has 0 aliphatic heterocycles. The summed E-state index contributed by atoms with van der Waals surface area (Å²) in [6.45, 7) is 3.52. The van der Waals surface area contributed by atoms with Crippen LogP contribution in [0.3, 0.4) is 0 Å². The van der Waals surface area contributed by atoms with E-state index in [1.165, 1.54) is 14.2 Å². The van der Waals surface area contributed by atoms with E-state index in [0.29, 0.717) is 6.42 Å². The fourth-order valence-corrected chi connectivity index (χ4v) is 0.287. The maximum absolute atomic E-state index is 5.39.